The molecule has 3 rings (SSSR count). The van der Waals surface area contributed by atoms with Crippen LogP contribution in [0.3, 0.4) is 0 Å². The zero-order chi connectivity index (χ0) is 18.7. The maximum Gasteiger partial charge on any atom is 0.253 e. The Kier molecular flexibility index (Phi) is 5.65. The van der Waals surface area contributed by atoms with Gasteiger partial charge in [-0.2, -0.15) is 0 Å². The first-order chi connectivity index (χ1) is 12.3. The van der Waals surface area contributed by atoms with Crippen LogP contribution in [0.2, 0.25) is 5.02 Å². The first-order valence-corrected chi connectivity index (χ1v) is 10.7. The van der Waals surface area contributed by atoms with Crippen LogP contribution in [0.1, 0.15) is 15.9 Å². The van der Waals surface area contributed by atoms with Crippen LogP contribution in [-0.2, 0) is 16.4 Å². The van der Waals surface area contributed by atoms with Gasteiger partial charge in [-0.05, 0) is 23.8 Å². The smallest absolute Gasteiger partial charge is 0.253 e. The molecule has 0 unspecified atom stereocenters. The van der Waals surface area contributed by atoms with Gasteiger partial charge in [-0.25, -0.2) is 8.42 Å². The molecule has 0 radical (unpaired) electrons. The molecule has 1 aliphatic heterocycles. The number of piperazine rings is 1. The summed E-state index contributed by atoms with van der Waals surface area (Å²) in [5, 5.41) is 0.136. The van der Waals surface area contributed by atoms with Crippen LogP contribution in [0.4, 0.5) is 0 Å². The molecule has 0 saturated carbocycles. The zero-order valence-corrected chi connectivity index (χ0v) is 16.1. The summed E-state index contributed by atoms with van der Waals surface area (Å²) in [6.07, 6.45) is 1.09. The summed E-state index contributed by atoms with van der Waals surface area (Å²) in [6, 6.07) is 14.7. The third kappa shape index (κ3) is 4.44. The second kappa shape index (κ2) is 7.78. The van der Waals surface area contributed by atoms with Gasteiger partial charge in [0.1, 0.15) is 0 Å². The van der Waals surface area contributed by atoms with E-state index in [9.17, 15) is 13.2 Å². The van der Waals surface area contributed by atoms with Crippen molar-refractivity contribution in [3.05, 3.63) is 64.7 Å². The van der Waals surface area contributed by atoms with Crippen LogP contribution < -0.4 is 0 Å². The van der Waals surface area contributed by atoms with Gasteiger partial charge in [0.25, 0.3) is 5.91 Å². The van der Waals surface area contributed by atoms with E-state index in [0.717, 1.165) is 25.9 Å². The summed E-state index contributed by atoms with van der Waals surface area (Å²) in [5.74, 6) is -0.161. The van der Waals surface area contributed by atoms with E-state index in [-0.39, 0.29) is 15.8 Å². The Balaban J connectivity index is 1.65. The molecule has 138 valence electrons. The molecule has 0 atom stereocenters. The molecule has 1 saturated heterocycles. The van der Waals surface area contributed by atoms with Gasteiger partial charge in [-0.15, -0.1) is 0 Å². The normalized spacial score (nSPS) is 15.8. The van der Waals surface area contributed by atoms with Gasteiger partial charge >= 0.3 is 0 Å². The van der Waals surface area contributed by atoms with Gasteiger partial charge in [-0.3, -0.25) is 9.69 Å². The summed E-state index contributed by atoms with van der Waals surface area (Å²) in [4.78, 5) is 16.8. The van der Waals surface area contributed by atoms with Crippen LogP contribution in [0, 0.1) is 0 Å². The molecule has 1 amide bonds. The van der Waals surface area contributed by atoms with Crippen molar-refractivity contribution in [2.75, 3.05) is 32.4 Å². The Morgan fingerprint density at radius 1 is 1.04 bits per heavy atom. The molecule has 2 aromatic carbocycles. The van der Waals surface area contributed by atoms with Crippen molar-refractivity contribution >= 4 is 27.3 Å². The molecule has 0 bridgehead atoms. The molecular formula is C19H21ClN2O3S. The summed E-state index contributed by atoms with van der Waals surface area (Å²) in [7, 11) is -3.47. The second-order valence-corrected chi connectivity index (χ2v) is 8.86. The third-order valence-electron chi connectivity index (χ3n) is 4.49. The SMILES string of the molecule is CS(=O)(=O)c1cc(C(=O)N2CCN(Cc3ccccc3)CC2)ccc1Cl. The van der Waals surface area contributed by atoms with Gasteiger partial charge in [0.05, 0.1) is 9.92 Å². The Hall–Kier alpha value is -1.89. The van der Waals surface area contributed by atoms with Crippen molar-refractivity contribution in [3.63, 3.8) is 0 Å². The number of sulfone groups is 1. The number of hydrogen-bond donors (Lipinski definition) is 0. The van der Waals surface area contributed by atoms with E-state index in [2.05, 4.69) is 17.0 Å². The Labute approximate surface area is 159 Å². The fourth-order valence-electron chi connectivity index (χ4n) is 3.05. The van der Waals surface area contributed by atoms with E-state index >= 15 is 0 Å². The average molecular weight is 393 g/mol. The minimum Gasteiger partial charge on any atom is -0.336 e. The Morgan fingerprint density at radius 2 is 1.69 bits per heavy atom. The van der Waals surface area contributed by atoms with Gasteiger partial charge in [-0.1, -0.05) is 41.9 Å². The highest BCUT2D eigenvalue weighted by atomic mass is 35.5. The van der Waals surface area contributed by atoms with Gasteiger partial charge in [0.2, 0.25) is 0 Å². The molecule has 26 heavy (non-hydrogen) atoms. The molecule has 0 aromatic heterocycles. The monoisotopic (exact) mass is 392 g/mol. The molecule has 1 aliphatic rings. The van der Waals surface area contributed by atoms with Crippen LogP contribution in [0.15, 0.2) is 53.4 Å². The summed E-state index contributed by atoms with van der Waals surface area (Å²) >= 11 is 5.96. The molecule has 0 aliphatic carbocycles. The quantitative estimate of drug-likeness (QED) is 0.802. The topological polar surface area (TPSA) is 57.7 Å². The highest BCUT2D eigenvalue weighted by Gasteiger charge is 2.24. The van der Waals surface area contributed by atoms with Gasteiger partial charge < -0.3 is 4.90 Å². The fourth-order valence-corrected chi connectivity index (χ4v) is 4.36. The van der Waals surface area contributed by atoms with Gasteiger partial charge in [0.15, 0.2) is 9.84 Å². The van der Waals surface area contributed by atoms with Crippen molar-refractivity contribution in [1.29, 1.82) is 0 Å². The number of rotatable bonds is 4. The van der Waals surface area contributed by atoms with E-state index in [4.69, 9.17) is 11.6 Å². The lowest BCUT2D eigenvalue weighted by atomic mass is 10.1. The van der Waals surface area contributed by atoms with Crippen LogP contribution >= 0.6 is 11.6 Å². The number of benzene rings is 2. The molecule has 7 heteroatoms. The van der Waals surface area contributed by atoms with Crippen molar-refractivity contribution < 1.29 is 13.2 Å². The number of hydrogen-bond acceptors (Lipinski definition) is 4. The predicted octanol–water partition coefficient (Wildman–Crippen LogP) is 2.70. The van der Waals surface area contributed by atoms with Crippen molar-refractivity contribution in [2.24, 2.45) is 0 Å². The summed E-state index contributed by atoms with van der Waals surface area (Å²) in [5.41, 5.74) is 1.61. The predicted molar refractivity (Wildman–Crippen MR) is 102 cm³/mol. The molecule has 5 nitrogen and oxygen atoms in total. The Morgan fingerprint density at radius 3 is 2.31 bits per heavy atom. The zero-order valence-electron chi connectivity index (χ0n) is 14.6. The highest BCUT2D eigenvalue weighted by Crippen LogP contribution is 2.23. The van der Waals surface area contributed by atoms with Crippen molar-refractivity contribution in [2.45, 2.75) is 11.4 Å². The number of halogens is 1. The molecule has 0 N–H and O–H groups in total. The maximum atomic E-state index is 12.7. The van der Waals surface area contributed by atoms with Crippen LogP contribution in [0.25, 0.3) is 0 Å². The van der Waals surface area contributed by atoms with E-state index in [1.165, 1.54) is 17.7 Å². The molecule has 2 aromatic rings. The van der Waals surface area contributed by atoms with Crippen LogP contribution in [-0.4, -0.2) is 56.6 Å². The largest absolute Gasteiger partial charge is 0.336 e. The standard InChI is InChI=1S/C19H21ClN2O3S/c1-26(24,25)18-13-16(7-8-17(18)20)19(23)22-11-9-21(10-12-22)14-15-5-3-2-4-6-15/h2-8,13H,9-12,14H2,1H3. The third-order valence-corrected chi connectivity index (χ3v) is 6.06. The maximum absolute atomic E-state index is 12.7. The highest BCUT2D eigenvalue weighted by molar-refractivity contribution is 7.90. The van der Waals surface area contributed by atoms with Crippen LogP contribution in [0.5, 0.6) is 0 Å². The number of nitrogens with zero attached hydrogens (tertiary/aromatic N) is 2. The lowest BCUT2D eigenvalue weighted by Gasteiger charge is -2.34. The lowest BCUT2D eigenvalue weighted by molar-refractivity contribution is 0.0628. The second-order valence-electron chi connectivity index (χ2n) is 6.47. The molecule has 1 fully saturated rings. The number of amides is 1. The fraction of sp³-hybridized carbons (Fsp3) is 0.316. The van der Waals surface area contributed by atoms with E-state index in [1.54, 1.807) is 11.0 Å². The molecule has 0 spiro atoms. The Bertz CT molecular complexity index is 892. The lowest BCUT2D eigenvalue weighted by Crippen LogP contribution is -2.48. The summed E-state index contributed by atoms with van der Waals surface area (Å²) in [6.45, 7) is 3.66. The molecule has 1 heterocycles. The minimum atomic E-state index is -3.47. The number of carbonyl (C=O) groups is 1. The van der Waals surface area contributed by atoms with Crippen molar-refractivity contribution in [3.8, 4) is 0 Å². The summed E-state index contributed by atoms with van der Waals surface area (Å²) < 4.78 is 23.6. The van der Waals surface area contributed by atoms with Crippen molar-refractivity contribution in [1.82, 2.24) is 9.80 Å². The number of carbonyl (C=O) groups excluding carboxylic acids is 1. The minimum absolute atomic E-state index is 0.00673. The van der Waals surface area contributed by atoms with Gasteiger partial charge in [0, 0.05) is 44.5 Å². The average Bonchev–Trinajstić information content (AvgIpc) is 2.62. The molecular weight excluding hydrogens is 372 g/mol. The first-order valence-electron chi connectivity index (χ1n) is 8.40. The first kappa shape index (κ1) is 18.9. The van der Waals surface area contributed by atoms with E-state index in [1.807, 2.05) is 18.2 Å². The van der Waals surface area contributed by atoms with E-state index in [0.29, 0.717) is 18.7 Å². The van der Waals surface area contributed by atoms with E-state index < -0.39 is 9.84 Å².